The Balaban J connectivity index is 1.45. The third-order valence-corrected chi connectivity index (χ3v) is 6.23. The molecule has 0 aromatic heterocycles. The molecule has 0 unspecified atom stereocenters. The van der Waals surface area contributed by atoms with Gasteiger partial charge < -0.3 is 24.1 Å². The maximum atomic E-state index is 12.7. The van der Waals surface area contributed by atoms with E-state index in [-0.39, 0.29) is 17.9 Å². The quantitative estimate of drug-likeness (QED) is 0.237. The lowest BCUT2D eigenvalue weighted by molar-refractivity contribution is 0.0469. The van der Waals surface area contributed by atoms with Crippen LogP contribution in [0.4, 0.5) is 0 Å². The van der Waals surface area contributed by atoms with Crippen LogP contribution in [-0.2, 0) is 24.2 Å². The fourth-order valence-electron chi connectivity index (χ4n) is 4.27. The van der Waals surface area contributed by atoms with Gasteiger partial charge in [0.05, 0.1) is 20.8 Å². The summed E-state index contributed by atoms with van der Waals surface area (Å²) >= 11 is 0. The second kappa shape index (κ2) is 12.2. The number of ether oxygens (including phenoxy) is 4. The van der Waals surface area contributed by atoms with Gasteiger partial charge in [-0.1, -0.05) is 61.9 Å². The van der Waals surface area contributed by atoms with Crippen molar-refractivity contribution < 1.29 is 28.8 Å². The first-order valence-corrected chi connectivity index (χ1v) is 12.4. The first-order valence-electron chi connectivity index (χ1n) is 12.4. The summed E-state index contributed by atoms with van der Waals surface area (Å²) in [7, 11) is 3.25. The average molecular weight is 501 g/mol. The van der Waals surface area contributed by atoms with Crippen molar-refractivity contribution in [2.24, 2.45) is 0 Å². The summed E-state index contributed by atoms with van der Waals surface area (Å²) in [5.41, 5.74) is 2.76. The lowest BCUT2D eigenvalue weighted by Gasteiger charge is -2.15. The second-order valence-corrected chi connectivity index (χ2v) is 8.74. The molecule has 0 heterocycles. The molecule has 0 fully saturated rings. The van der Waals surface area contributed by atoms with E-state index in [0.29, 0.717) is 42.3 Å². The molecule has 37 heavy (non-hydrogen) atoms. The molecule has 6 nitrogen and oxygen atoms in total. The number of carbonyl (C=O) groups is 1. The molecule has 0 atom stereocenters. The van der Waals surface area contributed by atoms with Crippen LogP contribution in [0, 0.1) is 0 Å². The monoisotopic (exact) mass is 500 g/mol. The zero-order valence-corrected chi connectivity index (χ0v) is 21.5. The van der Waals surface area contributed by atoms with Crippen LogP contribution in [0.5, 0.6) is 23.0 Å². The molecular weight excluding hydrogens is 468 g/mol. The summed E-state index contributed by atoms with van der Waals surface area (Å²) in [6.45, 7) is 2.58. The van der Waals surface area contributed by atoms with Crippen molar-refractivity contribution in [1.82, 2.24) is 0 Å². The summed E-state index contributed by atoms with van der Waals surface area (Å²) in [5.74, 6) is 1.32. The second-order valence-electron chi connectivity index (χ2n) is 8.74. The van der Waals surface area contributed by atoms with Gasteiger partial charge in [-0.15, -0.1) is 0 Å². The maximum Gasteiger partial charge on any atom is 0.342 e. The largest absolute Gasteiger partial charge is 0.507 e. The molecule has 0 aliphatic carbocycles. The van der Waals surface area contributed by atoms with E-state index in [1.165, 1.54) is 0 Å². The van der Waals surface area contributed by atoms with E-state index in [1.54, 1.807) is 26.4 Å². The van der Waals surface area contributed by atoms with Crippen LogP contribution in [0.15, 0.2) is 72.8 Å². The molecule has 4 rings (SSSR count). The van der Waals surface area contributed by atoms with Gasteiger partial charge in [0.2, 0.25) is 0 Å². The van der Waals surface area contributed by atoms with Gasteiger partial charge >= 0.3 is 5.97 Å². The lowest BCUT2D eigenvalue weighted by atomic mass is 10.0. The van der Waals surface area contributed by atoms with E-state index in [1.807, 2.05) is 49.4 Å². The van der Waals surface area contributed by atoms with Crippen molar-refractivity contribution in [3.8, 4) is 23.0 Å². The Bertz CT molecular complexity index is 1360. The van der Waals surface area contributed by atoms with E-state index in [4.69, 9.17) is 18.9 Å². The van der Waals surface area contributed by atoms with E-state index in [9.17, 15) is 9.90 Å². The van der Waals surface area contributed by atoms with E-state index >= 15 is 0 Å². The Hall–Kier alpha value is -4.19. The molecule has 0 bridgehead atoms. The molecule has 0 saturated carbocycles. The van der Waals surface area contributed by atoms with Crippen LogP contribution in [-0.4, -0.2) is 31.9 Å². The number of esters is 1. The van der Waals surface area contributed by atoms with Crippen molar-refractivity contribution in [1.29, 1.82) is 0 Å². The third-order valence-electron chi connectivity index (χ3n) is 6.23. The number of methoxy groups -OCH3 is 2. The molecule has 4 aromatic carbocycles. The number of hydrogen-bond donors (Lipinski definition) is 1. The highest BCUT2D eigenvalue weighted by molar-refractivity contribution is 5.93. The highest BCUT2D eigenvalue weighted by Crippen LogP contribution is 2.34. The van der Waals surface area contributed by atoms with Gasteiger partial charge in [-0.05, 0) is 52.6 Å². The Kier molecular flexibility index (Phi) is 8.52. The van der Waals surface area contributed by atoms with Gasteiger partial charge in [0, 0.05) is 12.0 Å². The molecule has 0 saturated heterocycles. The molecule has 0 aliphatic heterocycles. The van der Waals surface area contributed by atoms with Crippen molar-refractivity contribution in [3.63, 3.8) is 0 Å². The highest BCUT2D eigenvalue weighted by atomic mass is 16.5. The predicted molar refractivity (Wildman–Crippen MR) is 144 cm³/mol. The minimum Gasteiger partial charge on any atom is -0.507 e. The summed E-state index contributed by atoms with van der Waals surface area (Å²) in [5, 5.41) is 13.0. The molecular formula is C31H32O6. The predicted octanol–water partition coefficient (Wildman–Crippen LogP) is 6.49. The van der Waals surface area contributed by atoms with Gasteiger partial charge in [-0.25, -0.2) is 4.79 Å². The van der Waals surface area contributed by atoms with Gasteiger partial charge in [0.25, 0.3) is 0 Å². The number of benzene rings is 4. The van der Waals surface area contributed by atoms with E-state index < -0.39 is 5.97 Å². The number of rotatable bonds is 11. The van der Waals surface area contributed by atoms with Crippen molar-refractivity contribution >= 4 is 16.7 Å². The Morgan fingerprint density at radius 2 is 1.51 bits per heavy atom. The van der Waals surface area contributed by atoms with Crippen molar-refractivity contribution in [2.45, 2.75) is 32.8 Å². The summed E-state index contributed by atoms with van der Waals surface area (Å²) in [4.78, 5) is 12.7. The van der Waals surface area contributed by atoms with Crippen molar-refractivity contribution in [2.75, 3.05) is 20.8 Å². The molecule has 1 N–H and O–H groups in total. The number of aromatic hydroxyl groups is 1. The minimum absolute atomic E-state index is 0.0795. The lowest BCUT2D eigenvalue weighted by Crippen LogP contribution is -2.09. The summed E-state index contributed by atoms with van der Waals surface area (Å²) in [6, 6.07) is 22.9. The van der Waals surface area contributed by atoms with Crippen LogP contribution >= 0.6 is 0 Å². The van der Waals surface area contributed by atoms with Gasteiger partial charge in [0.1, 0.15) is 23.7 Å². The Labute approximate surface area is 217 Å². The van der Waals surface area contributed by atoms with Gasteiger partial charge in [-0.2, -0.15) is 0 Å². The van der Waals surface area contributed by atoms with E-state index in [2.05, 4.69) is 18.2 Å². The van der Waals surface area contributed by atoms with Crippen LogP contribution in [0.1, 0.15) is 40.4 Å². The number of phenols is 1. The normalized spacial score (nSPS) is 10.8. The van der Waals surface area contributed by atoms with Crippen LogP contribution in [0.3, 0.4) is 0 Å². The maximum absolute atomic E-state index is 12.7. The van der Waals surface area contributed by atoms with Crippen LogP contribution in [0.2, 0.25) is 0 Å². The Morgan fingerprint density at radius 3 is 2.22 bits per heavy atom. The van der Waals surface area contributed by atoms with Gasteiger partial charge in [-0.3, -0.25) is 0 Å². The zero-order chi connectivity index (χ0) is 26.2. The smallest absolute Gasteiger partial charge is 0.342 e. The molecule has 0 radical (unpaired) electrons. The standard InChI is InChI=1S/C31H32O6/c1-4-8-25-27(14-13-26(30(25)32)31(33)37-20-22-9-6-5-7-10-22)36-16-15-21-11-12-23-18-28(34-2)29(35-3)19-24(23)17-21/h5-7,9-14,17-19,32H,4,8,15-16,20H2,1-3H3. The first kappa shape index (κ1) is 25.9. The van der Waals surface area contributed by atoms with Crippen molar-refractivity contribution in [3.05, 3.63) is 95.1 Å². The summed E-state index contributed by atoms with van der Waals surface area (Å²) < 4.78 is 22.3. The molecule has 6 heteroatoms. The fourth-order valence-corrected chi connectivity index (χ4v) is 4.27. The topological polar surface area (TPSA) is 74.2 Å². The zero-order valence-electron chi connectivity index (χ0n) is 21.5. The molecule has 192 valence electrons. The number of fused-ring (bicyclic) bond motifs is 1. The van der Waals surface area contributed by atoms with Gasteiger partial charge in [0.15, 0.2) is 11.5 Å². The minimum atomic E-state index is -0.562. The summed E-state index contributed by atoms with van der Waals surface area (Å²) in [6.07, 6.45) is 2.05. The fraction of sp³-hybridized carbons (Fsp3) is 0.258. The third kappa shape index (κ3) is 6.15. The Morgan fingerprint density at radius 1 is 0.784 bits per heavy atom. The van der Waals surface area contributed by atoms with Crippen LogP contribution < -0.4 is 14.2 Å². The van der Waals surface area contributed by atoms with E-state index in [0.717, 1.165) is 28.3 Å². The highest BCUT2D eigenvalue weighted by Gasteiger charge is 2.19. The van der Waals surface area contributed by atoms with Crippen LogP contribution in [0.25, 0.3) is 10.8 Å². The number of carbonyl (C=O) groups excluding carboxylic acids is 1. The average Bonchev–Trinajstić information content (AvgIpc) is 2.93. The number of hydrogen-bond acceptors (Lipinski definition) is 6. The molecule has 0 spiro atoms. The molecule has 0 aliphatic rings. The first-order chi connectivity index (χ1) is 18.0. The SMILES string of the molecule is CCCc1c(OCCc2ccc3cc(OC)c(OC)cc3c2)ccc(C(=O)OCc2ccccc2)c1O. The molecule has 0 amide bonds. The molecule has 4 aromatic rings. The number of phenolic OH excluding ortho intramolecular Hbond substituents is 1.